The molecular weight excluding hydrogens is 471 g/mol. The van der Waals surface area contributed by atoms with E-state index in [9.17, 15) is 13.2 Å². The molecule has 3 aromatic carbocycles. The number of halogens is 2. The lowest BCUT2D eigenvalue weighted by Gasteiger charge is -2.25. The fourth-order valence-electron chi connectivity index (χ4n) is 2.71. The summed E-state index contributed by atoms with van der Waals surface area (Å²) in [4.78, 5) is 12.7. The maximum atomic E-state index is 12.7. The van der Waals surface area contributed by atoms with Crippen molar-refractivity contribution in [2.75, 3.05) is 10.0 Å². The van der Waals surface area contributed by atoms with Crippen LogP contribution < -0.4 is 14.8 Å². The minimum atomic E-state index is -3.82. The Morgan fingerprint density at radius 1 is 0.906 bits per heavy atom. The van der Waals surface area contributed by atoms with Crippen LogP contribution in [0.4, 0.5) is 11.4 Å². The second kappa shape index (κ2) is 9.40. The van der Waals surface area contributed by atoms with Crippen LogP contribution in [0.25, 0.3) is 0 Å². The lowest BCUT2D eigenvalue weighted by atomic mass is 10.1. The standard InChI is InChI=1S/C23H22Cl2N2O4S/c1-15-4-7-18(14-21(15)25)27-32(29,30)20-12-8-17(9-13-20)26-22(28)23(2,3)31-19-10-5-16(24)6-11-19/h4-14,27H,1-3H3,(H,26,28). The van der Waals surface area contributed by atoms with Crippen LogP contribution in [0.15, 0.2) is 71.6 Å². The van der Waals surface area contributed by atoms with Crippen LogP contribution in [0.1, 0.15) is 19.4 Å². The van der Waals surface area contributed by atoms with Crippen LogP contribution in [-0.2, 0) is 14.8 Å². The molecule has 1 amide bonds. The molecule has 0 heterocycles. The first-order valence-corrected chi connectivity index (χ1v) is 11.9. The molecule has 0 fully saturated rings. The third-order valence-electron chi connectivity index (χ3n) is 4.58. The molecule has 3 rings (SSSR count). The summed E-state index contributed by atoms with van der Waals surface area (Å²) in [6.45, 7) is 5.09. The predicted octanol–water partition coefficient (Wildman–Crippen LogP) is 5.90. The highest BCUT2D eigenvalue weighted by Gasteiger charge is 2.30. The summed E-state index contributed by atoms with van der Waals surface area (Å²) in [7, 11) is -3.82. The maximum Gasteiger partial charge on any atom is 0.267 e. The smallest absolute Gasteiger partial charge is 0.267 e. The van der Waals surface area contributed by atoms with Crippen molar-refractivity contribution in [2.24, 2.45) is 0 Å². The van der Waals surface area contributed by atoms with Crippen LogP contribution in [-0.4, -0.2) is 19.9 Å². The first kappa shape index (κ1) is 23.9. The van der Waals surface area contributed by atoms with Gasteiger partial charge in [0.15, 0.2) is 5.60 Å². The molecule has 0 spiro atoms. The number of carbonyl (C=O) groups excluding carboxylic acids is 1. The van der Waals surface area contributed by atoms with Gasteiger partial charge < -0.3 is 10.1 Å². The first-order valence-electron chi connectivity index (χ1n) is 9.61. The Hall–Kier alpha value is -2.74. The highest BCUT2D eigenvalue weighted by Crippen LogP contribution is 2.25. The van der Waals surface area contributed by atoms with Crippen molar-refractivity contribution in [1.82, 2.24) is 0 Å². The van der Waals surface area contributed by atoms with E-state index in [0.29, 0.717) is 27.2 Å². The van der Waals surface area contributed by atoms with Gasteiger partial charge in [-0.1, -0.05) is 29.3 Å². The number of carbonyl (C=O) groups is 1. The first-order chi connectivity index (χ1) is 15.0. The van der Waals surface area contributed by atoms with Gasteiger partial charge >= 0.3 is 0 Å². The van der Waals surface area contributed by atoms with E-state index in [2.05, 4.69) is 10.0 Å². The summed E-state index contributed by atoms with van der Waals surface area (Å²) in [5, 5.41) is 3.76. The predicted molar refractivity (Wildman–Crippen MR) is 128 cm³/mol. The minimum Gasteiger partial charge on any atom is -0.478 e. The van der Waals surface area contributed by atoms with E-state index < -0.39 is 21.5 Å². The van der Waals surface area contributed by atoms with E-state index in [1.165, 1.54) is 24.3 Å². The van der Waals surface area contributed by atoms with Crippen molar-refractivity contribution in [3.05, 3.63) is 82.3 Å². The Labute approximate surface area is 197 Å². The summed E-state index contributed by atoms with van der Waals surface area (Å²) in [6, 6.07) is 17.4. The topological polar surface area (TPSA) is 84.5 Å². The van der Waals surface area contributed by atoms with Crippen molar-refractivity contribution in [3.63, 3.8) is 0 Å². The van der Waals surface area contributed by atoms with E-state index in [4.69, 9.17) is 27.9 Å². The number of anilines is 2. The van der Waals surface area contributed by atoms with Gasteiger partial charge in [-0.3, -0.25) is 9.52 Å². The molecule has 6 nitrogen and oxygen atoms in total. The molecule has 0 unspecified atom stereocenters. The fraction of sp³-hybridized carbons (Fsp3) is 0.174. The third-order valence-corrected chi connectivity index (χ3v) is 6.64. The molecule has 3 aromatic rings. The molecule has 0 aliphatic heterocycles. The van der Waals surface area contributed by atoms with Gasteiger partial charge in [-0.2, -0.15) is 0 Å². The Kier molecular flexibility index (Phi) is 7.03. The molecule has 0 atom stereocenters. The van der Waals surface area contributed by atoms with Crippen molar-refractivity contribution < 1.29 is 17.9 Å². The minimum absolute atomic E-state index is 0.0453. The Bertz CT molecular complexity index is 1230. The van der Waals surface area contributed by atoms with Gasteiger partial charge in [-0.25, -0.2) is 8.42 Å². The molecule has 9 heteroatoms. The molecule has 2 N–H and O–H groups in total. The fourth-order valence-corrected chi connectivity index (χ4v) is 4.07. The normalized spacial score (nSPS) is 11.7. The van der Waals surface area contributed by atoms with Gasteiger partial charge in [-0.15, -0.1) is 0 Å². The van der Waals surface area contributed by atoms with E-state index >= 15 is 0 Å². The van der Waals surface area contributed by atoms with Gasteiger partial charge in [0.1, 0.15) is 5.75 Å². The molecule has 32 heavy (non-hydrogen) atoms. The van der Waals surface area contributed by atoms with Crippen LogP contribution >= 0.6 is 23.2 Å². The number of hydrogen-bond acceptors (Lipinski definition) is 4. The quantitative estimate of drug-likeness (QED) is 0.429. The summed E-state index contributed by atoms with van der Waals surface area (Å²) < 4.78 is 33.5. The van der Waals surface area contributed by atoms with Gasteiger partial charge in [0, 0.05) is 15.7 Å². The van der Waals surface area contributed by atoms with Crippen molar-refractivity contribution in [1.29, 1.82) is 0 Å². The summed E-state index contributed by atoms with van der Waals surface area (Å²) in [5.41, 5.74) is 0.460. The summed E-state index contributed by atoms with van der Waals surface area (Å²) in [6.07, 6.45) is 0. The number of ether oxygens (including phenoxy) is 1. The zero-order chi connectivity index (χ0) is 23.5. The monoisotopic (exact) mass is 492 g/mol. The number of amides is 1. The zero-order valence-electron chi connectivity index (χ0n) is 17.6. The van der Waals surface area contributed by atoms with Crippen LogP contribution in [0.3, 0.4) is 0 Å². The Morgan fingerprint density at radius 2 is 1.50 bits per heavy atom. The SMILES string of the molecule is Cc1ccc(NS(=O)(=O)c2ccc(NC(=O)C(C)(C)Oc3ccc(Cl)cc3)cc2)cc1Cl. The molecule has 0 saturated carbocycles. The van der Waals surface area contributed by atoms with Crippen molar-refractivity contribution in [2.45, 2.75) is 31.3 Å². The number of sulfonamides is 1. The number of nitrogens with one attached hydrogen (secondary N) is 2. The summed E-state index contributed by atoms with van der Waals surface area (Å²) in [5.74, 6) is 0.105. The van der Waals surface area contributed by atoms with Crippen LogP contribution in [0.5, 0.6) is 5.75 Å². The average Bonchev–Trinajstić information content (AvgIpc) is 2.72. The molecular formula is C23H22Cl2N2O4S. The maximum absolute atomic E-state index is 12.7. The largest absolute Gasteiger partial charge is 0.478 e. The highest BCUT2D eigenvalue weighted by molar-refractivity contribution is 7.92. The third kappa shape index (κ3) is 5.94. The molecule has 0 aromatic heterocycles. The molecule has 0 saturated heterocycles. The lowest BCUT2D eigenvalue weighted by molar-refractivity contribution is -0.128. The second-order valence-corrected chi connectivity index (χ2v) is 10.1. The van der Waals surface area contributed by atoms with E-state index in [-0.39, 0.29) is 4.90 Å². The van der Waals surface area contributed by atoms with Gasteiger partial charge in [0.2, 0.25) is 0 Å². The second-order valence-electron chi connectivity index (χ2n) is 7.61. The van der Waals surface area contributed by atoms with E-state index in [0.717, 1.165) is 5.56 Å². The van der Waals surface area contributed by atoms with Crippen LogP contribution in [0.2, 0.25) is 10.0 Å². The van der Waals surface area contributed by atoms with Gasteiger partial charge in [0.25, 0.3) is 15.9 Å². The van der Waals surface area contributed by atoms with Crippen LogP contribution in [0, 0.1) is 6.92 Å². The molecule has 0 bridgehead atoms. The average molecular weight is 493 g/mol. The number of rotatable bonds is 7. The van der Waals surface area contributed by atoms with Crippen molar-refractivity contribution >= 4 is 50.5 Å². The van der Waals surface area contributed by atoms with E-state index in [1.54, 1.807) is 56.3 Å². The zero-order valence-corrected chi connectivity index (χ0v) is 20.0. The van der Waals surface area contributed by atoms with Gasteiger partial charge in [-0.05, 0) is 87.0 Å². The number of hydrogen-bond donors (Lipinski definition) is 2. The lowest BCUT2D eigenvalue weighted by Crippen LogP contribution is -2.42. The Morgan fingerprint density at radius 3 is 2.09 bits per heavy atom. The molecule has 0 aliphatic rings. The number of benzene rings is 3. The summed E-state index contributed by atoms with van der Waals surface area (Å²) >= 11 is 11.9. The van der Waals surface area contributed by atoms with Crippen molar-refractivity contribution in [3.8, 4) is 5.75 Å². The molecule has 0 aliphatic carbocycles. The highest BCUT2D eigenvalue weighted by atomic mass is 35.5. The molecule has 0 radical (unpaired) electrons. The number of aryl methyl sites for hydroxylation is 1. The van der Waals surface area contributed by atoms with Gasteiger partial charge in [0.05, 0.1) is 10.6 Å². The Balaban J connectivity index is 1.68. The molecule has 168 valence electrons. The van der Waals surface area contributed by atoms with E-state index in [1.807, 2.05) is 6.92 Å².